The van der Waals surface area contributed by atoms with Crippen molar-refractivity contribution in [2.75, 3.05) is 24.3 Å². The van der Waals surface area contributed by atoms with E-state index in [0.29, 0.717) is 23.7 Å². The summed E-state index contributed by atoms with van der Waals surface area (Å²) in [6.45, 7) is 6.93. The second-order valence-corrected chi connectivity index (χ2v) is 11.3. The van der Waals surface area contributed by atoms with E-state index in [-0.39, 0.29) is 12.1 Å². The van der Waals surface area contributed by atoms with Crippen molar-refractivity contribution in [3.63, 3.8) is 0 Å². The lowest BCUT2D eigenvalue weighted by Gasteiger charge is -2.19. The first-order valence-electron chi connectivity index (χ1n) is 12.8. The molecule has 2 saturated carbocycles. The van der Waals surface area contributed by atoms with Gasteiger partial charge in [0.25, 0.3) is 0 Å². The number of aliphatic hydroxyl groups is 1. The normalized spacial score (nSPS) is 23.1. The Bertz CT molecular complexity index is 1430. The third-order valence-corrected chi connectivity index (χ3v) is 8.85. The molecular formula is C28H32N6O2S. The molecule has 3 heterocycles. The first-order valence-corrected chi connectivity index (χ1v) is 13.7. The van der Waals surface area contributed by atoms with Gasteiger partial charge in [-0.1, -0.05) is 12.1 Å². The molecule has 4 aromatic rings. The highest BCUT2D eigenvalue weighted by Crippen LogP contribution is 2.54. The minimum Gasteiger partial charge on any atom is -0.497 e. The minimum absolute atomic E-state index is 0.0172. The number of thiazole rings is 1. The molecule has 0 aliphatic heterocycles. The van der Waals surface area contributed by atoms with Crippen molar-refractivity contribution in [3.8, 4) is 16.3 Å². The van der Waals surface area contributed by atoms with Gasteiger partial charge < -0.3 is 20.5 Å². The first-order chi connectivity index (χ1) is 17.9. The number of fused-ring (bicyclic) bond motifs is 2. The number of aryl methyl sites for hydroxylation is 2. The number of anilines is 2. The summed E-state index contributed by atoms with van der Waals surface area (Å²) in [7, 11) is 1.67. The van der Waals surface area contributed by atoms with Gasteiger partial charge in [0.1, 0.15) is 22.1 Å². The zero-order valence-corrected chi connectivity index (χ0v) is 22.3. The molecule has 8 nitrogen and oxygen atoms in total. The van der Waals surface area contributed by atoms with Gasteiger partial charge in [-0.05, 0) is 75.1 Å². The van der Waals surface area contributed by atoms with Crippen molar-refractivity contribution < 1.29 is 9.84 Å². The monoisotopic (exact) mass is 516 g/mol. The molecule has 9 heteroatoms. The van der Waals surface area contributed by atoms with Crippen LogP contribution < -0.4 is 15.4 Å². The predicted octanol–water partition coefficient (Wildman–Crippen LogP) is 5.38. The quantitative estimate of drug-likeness (QED) is 0.287. The number of nitrogens with one attached hydrogen (secondary N) is 2. The van der Waals surface area contributed by atoms with Crippen LogP contribution in [0, 0.1) is 31.6 Å². The Morgan fingerprint density at radius 1 is 1.05 bits per heavy atom. The molecule has 2 aliphatic rings. The summed E-state index contributed by atoms with van der Waals surface area (Å²) in [5.74, 6) is 3.72. The topological polar surface area (TPSA) is 105 Å². The largest absolute Gasteiger partial charge is 0.497 e. The smallest absolute Gasteiger partial charge is 0.225 e. The average molecular weight is 517 g/mol. The molecule has 2 fully saturated rings. The molecular weight excluding hydrogens is 484 g/mol. The van der Waals surface area contributed by atoms with Crippen molar-refractivity contribution in [3.05, 3.63) is 53.5 Å². The molecule has 0 bridgehead atoms. The number of hydrogen-bond acceptors (Lipinski definition) is 9. The lowest BCUT2D eigenvalue weighted by atomic mass is 10.0. The van der Waals surface area contributed by atoms with Crippen LogP contribution in [-0.4, -0.2) is 44.8 Å². The van der Waals surface area contributed by atoms with E-state index in [1.165, 1.54) is 0 Å². The maximum Gasteiger partial charge on any atom is 0.225 e. The summed E-state index contributed by atoms with van der Waals surface area (Å²) >= 11 is 1.64. The Labute approximate surface area is 220 Å². The van der Waals surface area contributed by atoms with E-state index in [9.17, 15) is 5.11 Å². The molecule has 0 saturated heterocycles. The van der Waals surface area contributed by atoms with E-state index in [2.05, 4.69) is 22.5 Å². The van der Waals surface area contributed by atoms with Gasteiger partial charge in [0, 0.05) is 12.7 Å². The summed E-state index contributed by atoms with van der Waals surface area (Å²) in [5, 5.41) is 18.0. The van der Waals surface area contributed by atoms with Crippen LogP contribution in [0.2, 0.25) is 0 Å². The van der Waals surface area contributed by atoms with Gasteiger partial charge in [-0.25, -0.2) is 9.97 Å². The molecule has 6 rings (SSSR count). The summed E-state index contributed by atoms with van der Waals surface area (Å²) < 4.78 is 6.40. The summed E-state index contributed by atoms with van der Waals surface area (Å²) in [6.07, 6.45) is 3.89. The van der Waals surface area contributed by atoms with Gasteiger partial charge in [-0.15, -0.1) is 11.3 Å². The number of aliphatic hydroxyl groups excluding tert-OH is 1. The maximum absolute atomic E-state index is 9.95. The van der Waals surface area contributed by atoms with E-state index in [4.69, 9.17) is 19.7 Å². The van der Waals surface area contributed by atoms with Crippen LogP contribution >= 0.6 is 11.3 Å². The van der Waals surface area contributed by atoms with E-state index < -0.39 is 0 Å². The Morgan fingerprint density at radius 2 is 1.81 bits per heavy atom. The van der Waals surface area contributed by atoms with Crippen molar-refractivity contribution in [2.24, 2.45) is 17.8 Å². The highest BCUT2D eigenvalue weighted by Gasteiger charge is 2.55. The molecule has 0 amide bonds. The van der Waals surface area contributed by atoms with Crippen LogP contribution in [0.5, 0.6) is 5.75 Å². The first kappa shape index (κ1) is 24.1. The highest BCUT2D eigenvalue weighted by atomic mass is 32.1. The number of aromatic nitrogens is 4. The van der Waals surface area contributed by atoms with Crippen LogP contribution in [0.3, 0.4) is 0 Å². The number of hydrogen-bond donors (Lipinski definition) is 3. The summed E-state index contributed by atoms with van der Waals surface area (Å²) in [6, 6.07) is 10.0. The Balaban J connectivity index is 1.31. The lowest BCUT2D eigenvalue weighted by Crippen LogP contribution is -2.18. The third-order valence-electron chi connectivity index (χ3n) is 7.81. The fraction of sp³-hybridized carbons (Fsp3) is 0.429. The second kappa shape index (κ2) is 9.54. The highest BCUT2D eigenvalue weighted by molar-refractivity contribution is 7.21. The van der Waals surface area contributed by atoms with E-state index in [1.807, 2.05) is 50.4 Å². The predicted molar refractivity (Wildman–Crippen MR) is 147 cm³/mol. The van der Waals surface area contributed by atoms with Crippen LogP contribution in [0.4, 0.5) is 11.8 Å². The Hall–Kier alpha value is -3.30. The lowest BCUT2D eigenvalue weighted by molar-refractivity contribution is 0.220. The molecule has 3 unspecified atom stereocenters. The molecule has 2 aliphatic carbocycles. The molecule has 1 aromatic carbocycles. The van der Waals surface area contributed by atoms with Gasteiger partial charge >= 0.3 is 0 Å². The molecule has 3 N–H and O–H groups in total. The zero-order valence-electron chi connectivity index (χ0n) is 21.5. The van der Waals surface area contributed by atoms with Crippen molar-refractivity contribution >= 4 is 33.3 Å². The standard InChI is InChI=1S/C28H32N6O2S/c1-14(18-5-7-19(36-4)8-6-18)31-28-32-15(2)23(27-33-24-16(3)29-10-9-22(24)37-27)26(34-28)30-13-17-11-20-21(12-17)25(20)35/h5-10,14,17,20-21,25,35H,11-13H2,1-4H3,(H2,30,31,32,34)/t14-,17?,20+,21?,25?/m1/s1. The van der Waals surface area contributed by atoms with E-state index >= 15 is 0 Å². The zero-order chi connectivity index (χ0) is 25.7. The van der Waals surface area contributed by atoms with Crippen LogP contribution in [0.25, 0.3) is 20.8 Å². The molecule has 3 aromatic heterocycles. The second-order valence-electron chi connectivity index (χ2n) is 10.3. The van der Waals surface area contributed by atoms with Gasteiger partial charge in [0.2, 0.25) is 5.95 Å². The Kier molecular flexibility index (Phi) is 6.20. The van der Waals surface area contributed by atoms with Crippen LogP contribution in [0.15, 0.2) is 36.5 Å². The number of methoxy groups -OCH3 is 1. The van der Waals surface area contributed by atoms with Gasteiger partial charge in [-0.3, -0.25) is 4.98 Å². The number of ether oxygens (including phenoxy) is 1. The average Bonchev–Trinajstić information content (AvgIpc) is 3.25. The SMILES string of the molecule is COc1ccc([C@@H](C)Nc2nc(C)c(-c3nc4c(C)nccc4s3)c(NCC3CC4C(O)[C@H]4C3)n2)cc1. The number of rotatable bonds is 8. The van der Waals surface area contributed by atoms with Gasteiger partial charge in [-0.2, -0.15) is 4.98 Å². The van der Waals surface area contributed by atoms with Crippen LogP contribution in [-0.2, 0) is 0 Å². The summed E-state index contributed by atoms with van der Waals surface area (Å²) in [4.78, 5) is 19.1. The maximum atomic E-state index is 9.95. The molecule has 5 atom stereocenters. The van der Waals surface area contributed by atoms with E-state index in [0.717, 1.165) is 68.7 Å². The van der Waals surface area contributed by atoms with E-state index in [1.54, 1.807) is 18.4 Å². The number of nitrogens with zero attached hydrogens (tertiary/aromatic N) is 4. The fourth-order valence-electron chi connectivity index (χ4n) is 5.61. The van der Waals surface area contributed by atoms with Crippen LogP contribution in [0.1, 0.15) is 42.8 Å². The molecule has 192 valence electrons. The van der Waals surface area contributed by atoms with Crippen molar-refractivity contribution in [1.82, 2.24) is 19.9 Å². The molecule has 0 spiro atoms. The van der Waals surface area contributed by atoms with Gasteiger partial charge in [0.05, 0.1) is 40.9 Å². The number of pyridine rings is 1. The summed E-state index contributed by atoms with van der Waals surface area (Å²) in [5.41, 5.74) is 4.78. The minimum atomic E-state index is -0.0806. The van der Waals surface area contributed by atoms with Crippen molar-refractivity contribution in [2.45, 2.75) is 45.8 Å². The third kappa shape index (κ3) is 4.62. The van der Waals surface area contributed by atoms with Crippen molar-refractivity contribution in [1.29, 1.82) is 0 Å². The molecule has 0 radical (unpaired) electrons. The molecule has 37 heavy (non-hydrogen) atoms. The fourth-order valence-corrected chi connectivity index (χ4v) is 6.72. The number of benzene rings is 1. The Morgan fingerprint density at radius 3 is 2.51 bits per heavy atom. The van der Waals surface area contributed by atoms with Gasteiger partial charge in [0.15, 0.2) is 0 Å².